The van der Waals surface area contributed by atoms with Gasteiger partial charge in [-0.1, -0.05) is 23.2 Å². The molecule has 0 bridgehead atoms. The van der Waals surface area contributed by atoms with Crippen molar-refractivity contribution >= 4 is 40.0 Å². The number of aliphatic hydroxyl groups is 1. The topological polar surface area (TPSA) is 74.7 Å². The maximum Gasteiger partial charge on any atom is 0.252 e. The molecule has 2 heterocycles. The molecular weight excluding hydrogens is 480 g/mol. The number of ether oxygens (including phenoxy) is 1. The summed E-state index contributed by atoms with van der Waals surface area (Å²) in [6, 6.07) is 11.4. The first kappa shape index (κ1) is 24.7. The molecule has 0 saturated carbocycles. The minimum Gasteiger partial charge on any atom is -0.491 e. The Hall–Kier alpha value is -2.45. The predicted octanol–water partition coefficient (Wildman–Crippen LogP) is 4.56. The van der Waals surface area contributed by atoms with Crippen molar-refractivity contribution in [2.75, 3.05) is 32.8 Å². The SMILES string of the molecule is O=C(NCC1CCN(CC(O)COc2ccc(Cl)c(F)c2)CC1)c1cnc2ccc(Cl)cc2c1. The number of pyridine rings is 1. The predicted molar refractivity (Wildman–Crippen MR) is 131 cm³/mol. The number of fused-ring (bicyclic) bond motifs is 1. The average Bonchev–Trinajstić information content (AvgIpc) is 2.83. The van der Waals surface area contributed by atoms with Gasteiger partial charge in [-0.25, -0.2) is 4.39 Å². The van der Waals surface area contributed by atoms with Gasteiger partial charge < -0.3 is 20.1 Å². The Labute approximate surface area is 207 Å². The summed E-state index contributed by atoms with van der Waals surface area (Å²) in [5, 5.41) is 14.8. The number of nitrogens with one attached hydrogen (secondary N) is 1. The summed E-state index contributed by atoms with van der Waals surface area (Å²) in [5.41, 5.74) is 1.30. The molecule has 0 spiro atoms. The third kappa shape index (κ3) is 6.57. The summed E-state index contributed by atoms with van der Waals surface area (Å²) < 4.78 is 19.0. The van der Waals surface area contributed by atoms with Crippen LogP contribution in [0.25, 0.3) is 10.9 Å². The first-order valence-electron chi connectivity index (χ1n) is 11.2. The molecule has 1 saturated heterocycles. The van der Waals surface area contributed by atoms with Gasteiger partial charge in [-0.2, -0.15) is 0 Å². The highest BCUT2D eigenvalue weighted by atomic mass is 35.5. The van der Waals surface area contributed by atoms with E-state index >= 15 is 0 Å². The molecule has 1 aliphatic heterocycles. The number of carbonyl (C=O) groups excluding carboxylic acids is 1. The van der Waals surface area contributed by atoms with E-state index in [2.05, 4.69) is 15.2 Å². The van der Waals surface area contributed by atoms with Crippen LogP contribution in [0.4, 0.5) is 4.39 Å². The van der Waals surface area contributed by atoms with Gasteiger partial charge in [-0.05, 0) is 68.2 Å². The summed E-state index contributed by atoms with van der Waals surface area (Å²) in [4.78, 5) is 19.1. The number of benzene rings is 2. The lowest BCUT2D eigenvalue weighted by Gasteiger charge is -2.33. The Morgan fingerprint density at radius 2 is 2.00 bits per heavy atom. The zero-order valence-electron chi connectivity index (χ0n) is 18.5. The van der Waals surface area contributed by atoms with Crippen molar-refractivity contribution in [2.24, 2.45) is 5.92 Å². The van der Waals surface area contributed by atoms with E-state index in [1.54, 1.807) is 30.5 Å². The van der Waals surface area contributed by atoms with E-state index in [1.807, 2.05) is 6.07 Å². The van der Waals surface area contributed by atoms with Crippen molar-refractivity contribution < 1.29 is 19.0 Å². The van der Waals surface area contributed by atoms with E-state index in [-0.39, 0.29) is 17.5 Å². The lowest BCUT2D eigenvalue weighted by molar-refractivity contribution is 0.0547. The largest absolute Gasteiger partial charge is 0.491 e. The number of carbonyl (C=O) groups is 1. The minimum absolute atomic E-state index is 0.0332. The van der Waals surface area contributed by atoms with Crippen molar-refractivity contribution in [3.8, 4) is 5.75 Å². The fraction of sp³-hybridized carbons (Fsp3) is 0.360. The van der Waals surface area contributed by atoms with E-state index in [0.717, 1.165) is 36.8 Å². The fourth-order valence-electron chi connectivity index (χ4n) is 4.05. The average molecular weight is 506 g/mol. The number of likely N-dealkylation sites (tertiary alicyclic amines) is 1. The molecule has 1 fully saturated rings. The molecule has 2 N–H and O–H groups in total. The molecule has 1 unspecified atom stereocenters. The minimum atomic E-state index is -0.691. The molecule has 1 aromatic heterocycles. The van der Waals surface area contributed by atoms with Crippen molar-refractivity contribution in [1.29, 1.82) is 0 Å². The number of hydrogen-bond donors (Lipinski definition) is 2. The Bertz CT molecular complexity index is 1160. The van der Waals surface area contributed by atoms with Gasteiger partial charge in [0.15, 0.2) is 0 Å². The molecule has 1 atom stereocenters. The van der Waals surface area contributed by atoms with Crippen LogP contribution in [0.2, 0.25) is 10.0 Å². The number of aliphatic hydroxyl groups excluding tert-OH is 1. The highest BCUT2D eigenvalue weighted by Crippen LogP contribution is 2.22. The Morgan fingerprint density at radius 3 is 2.76 bits per heavy atom. The van der Waals surface area contributed by atoms with Crippen LogP contribution in [0.1, 0.15) is 23.2 Å². The molecule has 6 nitrogen and oxygen atoms in total. The Balaban J connectivity index is 1.18. The lowest BCUT2D eigenvalue weighted by atomic mass is 9.96. The van der Waals surface area contributed by atoms with Crippen LogP contribution in [0, 0.1) is 11.7 Å². The van der Waals surface area contributed by atoms with Crippen LogP contribution < -0.4 is 10.1 Å². The van der Waals surface area contributed by atoms with Crippen molar-refractivity contribution in [3.63, 3.8) is 0 Å². The van der Waals surface area contributed by atoms with Gasteiger partial charge in [0.1, 0.15) is 24.3 Å². The maximum atomic E-state index is 13.5. The zero-order chi connectivity index (χ0) is 24.1. The van der Waals surface area contributed by atoms with Crippen LogP contribution in [-0.2, 0) is 0 Å². The smallest absolute Gasteiger partial charge is 0.252 e. The normalized spacial score (nSPS) is 15.9. The number of amides is 1. The van der Waals surface area contributed by atoms with Gasteiger partial charge in [-0.15, -0.1) is 0 Å². The van der Waals surface area contributed by atoms with E-state index < -0.39 is 11.9 Å². The molecular formula is C25H26Cl2FN3O3. The molecule has 1 amide bonds. The Morgan fingerprint density at radius 1 is 1.21 bits per heavy atom. The molecule has 34 heavy (non-hydrogen) atoms. The third-order valence-corrected chi connectivity index (χ3v) is 6.51. The molecule has 1 aliphatic rings. The number of rotatable bonds is 8. The number of hydrogen-bond acceptors (Lipinski definition) is 5. The van der Waals surface area contributed by atoms with E-state index in [0.29, 0.717) is 35.3 Å². The van der Waals surface area contributed by atoms with Gasteiger partial charge in [0.05, 0.1) is 16.1 Å². The number of nitrogens with zero attached hydrogens (tertiary/aromatic N) is 2. The molecule has 180 valence electrons. The summed E-state index contributed by atoms with van der Waals surface area (Å²) >= 11 is 11.7. The number of β-amino-alcohol motifs (C(OH)–C–C–N with tert-alkyl or cyclic N) is 1. The van der Waals surface area contributed by atoms with Crippen LogP contribution >= 0.6 is 23.2 Å². The monoisotopic (exact) mass is 505 g/mol. The number of aromatic nitrogens is 1. The van der Waals surface area contributed by atoms with Gasteiger partial charge in [0, 0.05) is 35.8 Å². The fourth-order valence-corrected chi connectivity index (χ4v) is 4.35. The van der Waals surface area contributed by atoms with Crippen LogP contribution in [0.15, 0.2) is 48.7 Å². The van der Waals surface area contributed by atoms with Crippen LogP contribution in [0.3, 0.4) is 0 Å². The number of piperidine rings is 1. The summed E-state index contributed by atoms with van der Waals surface area (Å²) in [7, 11) is 0. The van der Waals surface area contributed by atoms with Gasteiger partial charge in [-0.3, -0.25) is 9.78 Å². The van der Waals surface area contributed by atoms with Crippen molar-refractivity contribution in [1.82, 2.24) is 15.2 Å². The van der Waals surface area contributed by atoms with Gasteiger partial charge >= 0.3 is 0 Å². The second kappa shape index (κ2) is 11.3. The zero-order valence-corrected chi connectivity index (χ0v) is 20.0. The summed E-state index contributed by atoms with van der Waals surface area (Å²) in [6.07, 6.45) is 2.73. The van der Waals surface area contributed by atoms with Gasteiger partial charge in [0.25, 0.3) is 5.91 Å². The Kier molecular flexibility index (Phi) is 8.21. The lowest BCUT2D eigenvalue weighted by Crippen LogP contribution is -2.42. The van der Waals surface area contributed by atoms with E-state index in [9.17, 15) is 14.3 Å². The third-order valence-electron chi connectivity index (χ3n) is 5.97. The van der Waals surface area contributed by atoms with E-state index in [4.69, 9.17) is 27.9 Å². The molecule has 4 rings (SSSR count). The first-order chi connectivity index (χ1) is 16.4. The molecule has 0 radical (unpaired) electrons. The standard InChI is InChI=1S/C25H26Cl2FN3O3/c26-19-1-4-24-17(10-19)9-18(13-29-24)25(33)30-12-16-5-7-31(8-6-16)14-20(32)15-34-21-2-3-22(27)23(28)11-21/h1-4,9-11,13,16,20,32H,5-8,12,14-15H2,(H,30,33). The van der Waals surface area contributed by atoms with E-state index in [1.165, 1.54) is 12.1 Å². The van der Waals surface area contributed by atoms with Crippen molar-refractivity contribution in [2.45, 2.75) is 18.9 Å². The molecule has 9 heteroatoms. The highest BCUT2D eigenvalue weighted by molar-refractivity contribution is 6.31. The summed E-state index contributed by atoms with van der Waals surface area (Å²) in [5.74, 6) is 0.000661. The van der Waals surface area contributed by atoms with Crippen LogP contribution in [0.5, 0.6) is 5.75 Å². The molecule has 3 aromatic rings. The molecule has 0 aliphatic carbocycles. The summed E-state index contributed by atoms with van der Waals surface area (Å²) in [6.45, 7) is 2.78. The van der Waals surface area contributed by atoms with Crippen LogP contribution in [-0.4, -0.2) is 59.8 Å². The number of halogens is 3. The molecule has 2 aromatic carbocycles. The van der Waals surface area contributed by atoms with Gasteiger partial charge in [0.2, 0.25) is 0 Å². The quantitative estimate of drug-likeness (QED) is 0.469. The second-order valence-electron chi connectivity index (χ2n) is 8.56. The first-order valence-corrected chi connectivity index (χ1v) is 11.9. The maximum absolute atomic E-state index is 13.5. The highest BCUT2D eigenvalue weighted by Gasteiger charge is 2.22. The second-order valence-corrected chi connectivity index (χ2v) is 9.40. The van der Waals surface area contributed by atoms with Crippen molar-refractivity contribution in [3.05, 3.63) is 70.1 Å².